The van der Waals surface area contributed by atoms with Crippen molar-refractivity contribution >= 4 is 17.3 Å². The molecule has 2 N–H and O–H groups in total. The van der Waals surface area contributed by atoms with Crippen LogP contribution in [0.4, 0.5) is 21.7 Å². The van der Waals surface area contributed by atoms with Gasteiger partial charge in [-0.1, -0.05) is 25.1 Å². The zero-order chi connectivity index (χ0) is 13.7. The number of aryl methyl sites for hydroxylation is 1. The summed E-state index contributed by atoms with van der Waals surface area (Å²) in [7, 11) is 0. The molecule has 0 fully saturated rings. The fraction of sp³-hybridized carbons (Fsp3) is 0.267. The molecule has 0 radical (unpaired) electrons. The Kier molecular flexibility index (Phi) is 4.34. The smallest absolute Gasteiger partial charge is 0.146 e. The molecule has 2 rings (SSSR count). The number of nitrogens with zero attached hydrogens (tertiary/aromatic N) is 1. The maximum atomic E-state index is 13.7. The summed E-state index contributed by atoms with van der Waals surface area (Å²) in [5.41, 5.74) is 1.33. The summed E-state index contributed by atoms with van der Waals surface area (Å²) >= 11 is 0. The van der Waals surface area contributed by atoms with Gasteiger partial charge in [-0.3, -0.25) is 0 Å². The average Bonchev–Trinajstić information content (AvgIpc) is 2.41. The lowest BCUT2D eigenvalue weighted by molar-refractivity contribution is 0.631. The summed E-state index contributed by atoms with van der Waals surface area (Å²) in [6.07, 6.45) is 1.03. The van der Waals surface area contributed by atoms with Gasteiger partial charge in [-0.2, -0.15) is 0 Å². The first-order chi connectivity index (χ1) is 9.20. The number of nitrogens with one attached hydrogen (secondary N) is 2. The Morgan fingerprint density at radius 2 is 1.84 bits per heavy atom. The van der Waals surface area contributed by atoms with Crippen LogP contribution >= 0.6 is 0 Å². The van der Waals surface area contributed by atoms with Gasteiger partial charge in [0.25, 0.3) is 0 Å². The maximum Gasteiger partial charge on any atom is 0.146 e. The van der Waals surface area contributed by atoms with E-state index < -0.39 is 0 Å². The van der Waals surface area contributed by atoms with E-state index in [-0.39, 0.29) is 5.82 Å². The molecular weight excluding hydrogens is 241 g/mol. The van der Waals surface area contributed by atoms with Crippen LogP contribution in [0, 0.1) is 12.7 Å². The quantitative estimate of drug-likeness (QED) is 0.849. The van der Waals surface area contributed by atoms with Gasteiger partial charge in [0, 0.05) is 6.54 Å². The van der Waals surface area contributed by atoms with Gasteiger partial charge in [-0.05, 0) is 37.1 Å². The number of rotatable bonds is 5. The Morgan fingerprint density at radius 3 is 2.58 bits per heavy atom. The fourth-order valence-electron chi connectivity index (χ4n) is 1.77. The van der Waals surface area contributed by atoms with Gasteiger partial charge in [0.1, 0.15) is 17.5 Å². The molecule has 0 aliphatic rings. The molecule has 19 heavy (non-hydrogen) atoms. The van der Waals surface area contributed by atoms with Gasteiger partial charge in [0.05, 0.1) is 5.69 Å². The van der Waals surface area contributed by atoms with Crippen molar-refractivity contribution in [3.63, 3.8) is 0 Å². The van der Waals surface area contributed by atoms with Crippen molar-refractivity contribution in [2.45, 2.75) is 20.3 Å². The molecule has 0 saturated heterocycles. The molecule has 1 aromatic heterocycles. The molecule has 0 saturated carbocycles. The molecule has 0 aliphatic carbocycles. The Labute approximate surface area is 112 Å². The predicted octanol–water partition coefficient (Wildman–Crippen LogP) is 4.09. The largest absolute Gasteiger partial charge is 0.370 e. The van der Waals surface area contributed by atoms with Crippen molar-refractivity contribution < 1.29 is 4.39 Å². The van der Waals surface area contributed by atoms with Crippen LogP contribution in [0.2, 0.25) is 0 Å². The van der Waals surface area contributed by atoms with Crippen molar-refractivity contribution in [1.82, 2.24) is 4.98 Å². The lowest BCUT2D eigenvalue weighted by Crippen LogP contribution is -2.04. The van der Waals surface area contributed by atoms with E-state index in [1.807, 2.05) is 31.2 Å². The number of benzene rings is 1. The number of aromatic nitrogens is 1. The lowest BCUT2D eigenvalue weighted by Gasteiger charge is -2.11. The van der Waals surface area contributed by atoms with Crippen LogP contribution in [0.3, 0.4) is 0 Å². The number of anilines is 3. The molecule has 1 aromatic carbocycles. The van der Waals surface area contributed by atoms with Crippen LogP contribution in [0.1, 0.15) is 18.9 Å². The van der Waals surface area contributed by atoms with Gasteiger partial charge in [0.15, 0.2) is 0 Å². The molecule has 0 bridgehead atoms. The molecule has 3 nitrogen and oxygen atoms in total. The molecular formula is C15H18FN3. The summed E-state index contributed by atoms with van der Waals surface area (Å²) in [5.74, 6) is 1.16. The first kappa shape index (κ1) is 13.3. The Hall–Kier alpha value is -2.10. The van der Waals surface area contributed by atoms with Gasteiger partial charge < -0.3 is 10.6 Å². The lowest BCUT2D eigenvalue weighted by atomic mass is 10.2. The van der Waals surface area contributed by atoms with Crippen LogP contribution in [0.15, 0.2) is 36.4 Å². The van der Waals surface area contributed by atoms with Crippen LogP contribution in [-0.4, -0.2) is 11.5 Å². The average molecular weight is 259 g/mol. The van der Waals surface area contributed by atoms with Crippen molar-refractivity contribution in [2.75, 3.05) is 17.2 Å². The van der Waals surface area contributed by atoms with Gasteiger partial charge in [-0.25, -0.2) is 9.37 Å². The van der Waals surface area contributed by atoms with Crippen molar-refractivity contribution in [3.05, 3.63) is 47.8 Å². The number of hydrogen-bond acceptors (Lipinski definition) is 3. The molecule has 0 unspecified atom stereocenters. The second-order valence-corrected chi connectivity index (χ2v) is 4.39. The van der Waals surface area contributed by atoms with Gasteiger partial charge in [0.2, 0.25) is 0 Å². The van der Waals surface area contributed by atoms with E-state index in [0.717, 1.165) is 24.3 Å². The molecule has 0 spiro atoms. The Morgan fingerprint density at radius 1 is 1.11 bits per heavy atom. The van der Waals surface area contributed by atoms with Crippen LogP contribution in [0.5, 0.6) is 0 Å². The molecule has 100 valence electrons. The molecule has 2 aromatic rings. The number of halogens is 1. The zero-order valence-electron chi connectivity index (χ0n) is 11.2. The summed E-state index contributed by atoms with van der Waals surface area (Å²) in [5, 5.41) is 6.24. The summed E-state index contributed by atoms with van der Waals surface area (Å²) in [6, 6.07) is 10.6. The van der Waals surface area contributed by atoms with Crippen molar-refractivity contribution in [3.8, 4) is 0 Å². The number of pyridine rings is 1. The zero-order valence-corrected chi connectivity index (χ0v) is 11.2. The highest BCUT2D eigenvalue weighted by Crippen LogP contribution is 2.23. The normalized spacial score (nSPS) is 10.3. The van der Waals surface area contributed by atoms with Gasteiger partial charge in [-0.15, -0.1) is 0 Å². The highest BCUT2D eigenvalue weighted by molar-refractivity contribution is 5.62. The van der Waals surface area contributed by atoms with Crippen molar-refractivity contribution in [1.29, 1.82) is 0 Å². The van der Waals surface area contributed by atoms with Crippen LogP contribution < -0.4 is 10.6 Å². The highest BCUT2D eigenvalue weighted by atomic mass is 19.1. The fourth-order valence-corrected chi connectivity index (χ4v) is 1.77. The standard InChI is InChI=1S/C15H18FN3/c1-3-10-17-13-8-5-9-14(18-13)19-15-11(2)6-4-7-12(15)16/h4-9H,3,10H2,1-2H3,(H2,17,18,19). The van der Waals surface area contributed by atoms with E-state index in [2.05, 4.69) is 22.5 Å². The molecule has 1 heterocycles. The van der Waals surface area contributed by atoms with E-state index in [1.165, 1.54) is 6.07 Å². The maximum absolute atomic E-state index is 13.7. The van der Waals surface area contributed by atoms with E-state index >= 15 is 0 Å². The molecule has 0 amide bonds. The minimum Gasteiger partial charge on any atom is -0.370 e. The van der Waals surface area contributed by atoms with Crippen LogP contribution in [0.25, 0.3) is 0 Å². The van der Waals surface area contributed by atoms with E-state index in [4.69, 9.17) is 0 Å². The minimum absolute atomic E-state index is 0.270. The van der Waals surface area contributed by atoms with Gasteiger partial charge >= 0.3 is 0 Å². The first-order valence-electron chi connectivity index (χ1n) is 6.43. The SMILES string of the molecule is CCCNc1cccc(Nc2c(C)cccc2F)n1. The molecule has 0 atom stereocenters. The monoisotopic (exact) mass is 259 g/mol. The third-order valence-electron chi connectivity index (χ3n) is 2.78. The topological polar surface area (TPSA) is 37.0 Å². The van der Waals surface area contributed by atoms with E-state index in [9.17, 15) is 4.39 Å². The third-order valence-corrected chi connectivity index (χ3v) is 2.78. The number of para-hydroxylation sites is 1. The molecule has 4 heteroatoms. The Bertz CT molecular complexity index is 535. The minimum atomic E-state index is -0.270. The van der Waals surface area contributed by atoms with Crippen molar-refractivity contribution in [2.24, 2.45) is 0 Å². The summed E-state index contributed by atoms with van der Waals surface area (Å²) < 4.78 is 13.7. The van der Waals surface area contributed by atoms with E-state index in [0.29, 0.717) is 11.5 Å². The van der Waals surface area contributed by atoms with E-state index in [1.54, 1.807) is 6.07 Å². The summed E-state index contributed by atoms with van der Waals surface area (Å²) in [4.78, 5) is 4.40. The third kappa shape index (κ3) is 3.44. The second kappa shape index (κ2) is 6.18. The predicted molar refractivity (Wildman–Crippen MR) is 77.4 cm³/mol. The highest BCUT2D eigenvalue weighted by Gasteiger charge is 2.06. The molecule has 0 aliphatic heterocycles. The summed E-state index contributed by atoms with van der Waals surface area (Å²) in [6.45, 7) is 4.83. The first-order valence-corrected chi connectivity index (χ1v) is 6.43. The Balaban J connectivity index is 2.19. The number of hydrogen-bond donors (Lipinski definition) is 2. The van der Waals surface area contributed by atoms with Crippen LogP contribution in [-0.2, 0) is 0 Å². The second-order valence-electron chi connectivity index (χ2n) is 4.39.